The lowest BCUT2D eigenvalue weighted by molar-refractivity contribution is 0.0928. The standard InChI is InChI=1S/C12H16BrNO2/c1-8(7-13)9(2)14-12(16)10-5-3-4-6-11(10)15/h3-6,8-9,15H,7H2,1-2H3,(H,14,16). The Balaban J connectivity index is 2.70. The van der Waals surface area contributed by atoms with Crippen molar-refractivity contribution in [2.45, 2.75) is 19.9 Å². The van der Waals surface area contributed by atoms with Crippen molar-refractivity contribution in [2.24, 2.45) is 5.92 Å². The molecule has 16 heavy (non-hydrogen) atoms. The Kier molecular flexibility index (Phi) is 4.80. The lowest BCUT2D eigenvalue weighted by Gasteiger charge is -2.19. The van der Waals surface area contributed by atoms with Crippen LogP contribution in [0.5, 0.6) is 5.75 Å². The van der Waals surface area contributed by atoms with Crippen LogP contribution in [0.1, 0.15) is 24.2 Å². The van der Waals surface area contributed by atoms with Gasteiger partial charge < -0.3 is 10.4 Å². The number of alkyl halides is 1. The van der Waals surface area contributed by atoms with E-state index >= 15 is 0 Å². The molecule has 1 aromatic carbocycles. The molecule has 1 rings (SSSR count). The normalized spacial score (nSPS) is 14.2. The number of carbonyl (C=O) groups is 1. The molecule has 0 fully saturated rings. The average molecular weight is 286 g/mol. The molecule has 0 radical (unpaired) electrons. The fraction of sp³-hybridized carbons (Fsp3) is 0.417. The highest BCUT2D eigenvalue weighted by molar-refractivity contribution is 9.09. The van der Waals surface area contributed by atoms with Gasteiger partial charge in [-0.2, -0.15) is 0 Å². The quantitative estimate of drug-likeness (QED) is 0.836. The van der Waals surface area contributed by atoms with Crippen molar-refractivity contribution in [3.63, 3.8) is 0 Å². The molecule has 0 saturated heterocycles. The summed E-state index contributed by atoms with van der Waals surface area (Å²) in [4.78, 5) is 11.8. The van der Waals surface area contributed by atoms with Gasteiger partial charge >= 0.3 is 0 Å². The lowest BCUT2D eigenvalue weighted by atomic mass is 10.1. The van der Waals surface area contributed by atoms with Crippen molar-refractivity contribution in [1.82, 2.24) is 5.32 Å². The van der Waals surface area contributed by atoms with Crippen LogP contribution in [0.15, 0.2) is 24.3 Å². The van der Waals surface area contributed by atoms with Crippen molar-refractivity contribution in [3.05, 3.63) is 29.8 Å². The molecular weight excluding hydrogens is 270 g/mol. The Morgan fingerprint density at radius 1 is 1.44 bits per heavy atom. The van der Waals surface area contributed by atoms with E-state index in [4.69, 9.17) is 0 Å². The van der Waals surface area contributed by atoms with Crippen LogP contribution in [0.3, 0.4) is 0 Å². The Morgan fingerprint density at radius 3 is 2.62 bits per heavy atom. The maximum Gasteiger partial charge on any atom is 0.255 e. The van der Waals surface area contributed by atoms with E-state index in [1.807, 2.05) is 13.8 Å². The summed E-state index contributed by atoms with van der Waals surface area (Å²) in [5.41, 5.74) is 0.316. The summed E-state index contributed by atoms with van der Waals surface area (Å²) in [6.45, 7) is 3.99. The summed E-state index contributed by atoms with van der Waals surface area (Å²) in [5.74, 6) is 0.118. The monoisotopic (exact) mass is 285 g/mol. The van der Waals surface area contributed by atoms with Gasteiger partial charge in [-0.15, -0.1) is 0 Å². The molecule has 1 aromatic rings. The first-order valence-corrected chi connectivity index (χ1v) is 6.33. The summed E-state index contributed by atoms with van der Waals surface area (Å²) in [5, 5.41) is 13.2. The molecule has 0 aromatic heterocycles. The predicted molar refractivity (Wildman–Crippen MR) is 68.0 cm³/mol. The molecular formula is C12H16BrNO2. The average Bonchev–Trinajstić information content (AvgIpc) is 2.28. The predicted octanol–water partition coefficient (Wildman–Crippen LogP) is 2.54. The minimum Gasteiger partial charge on any atom is -0.507 e. The number of hydrogen-bond donors (Lipinski definition) is 2. The van der Waals surface area contributed by atoms with Crippen LogP contribution in [0, 0.1) is 5.92 Å². The highest BCUT2D eigenvalue weighted by Crippen LogP contribution is 2.16. The second-order valence-corrected chi connectivity index (χ2v) is 4.56. The zero-order valence-electron chi connectivity index (χ0n) is 9.40. The minimum absolute atomic E-state index is 0.0127. The number of para-hydroxylation sites is 1. The topological polar surface area (TPSA) is 49.3 Å². The molecule has 0 bridgehead atoms. The summed E-state index contributed by atoms with van der Waals surface area (Å²) in [7, 11) is 0. The number of nitrogens with one attached hydrogen (secondary N) is 1. The molecule has 3 nitrogen and oxygen atoms in total. The van der Waals surface area contributed by atoms with E-state index in [1.165, 1.54) is 6.07 Å². The number of phenolic OH excluding ortho intramolecular Hbond substituents is 1. The van der Waals surface area contributed by atoms with Gasteiger partial charge in [0.1, 0.15) is 5.75 Å². The van der Waals surface area contributed by atoms with Gasteiger partial charge in [-0.25, -0.2) is 0 Å². The fourth-order valence-electron chi connectivity index (χ4n) is 1.23. The van der Waals surface area contributed by atoms with Crippen molar-refractivity contribution in [1.29, 1.82) is 0 Å². The minimum atomic E-state index is -0.238. The number of hydrogen-bond acceptors (Lipinski definition) is 2. The van der Waals surface area contributed by atoms with Crippen LogP contribution in [0.25, 0.3) is 0 Å². The molecule has 2 atom stereocenters. The zero-order chi connectivity index (χ0) is 12.1. The molecule has 4 heteroatoms. The third-order valence-electron chi connectivity index (χ3n) is 2.60. The zero-order valence-corrected chi connectivity index (χ0v) is 11.0. The number of rotatable bonds is 4. The molecule has 88 valence electrons. The van der Waals surface area contributed by atoms with Crippen molar-refractivity contribution in [2.75, 3.05) is 5.33 Å². The van der Waals surface area contributed by atoms with Gasteiger partial charge in [-0.3, -0.25) is 4.79 Å². The largest absolute Gasteiger partial charge is 0.507 e. The smallest absolute Gasteiger partial charge is 0.255 e. The van der Waals surface area contributed by atoms with Crippen LogP contribution in [0.2, 0.25) is 0 Å². The van der Waals surface area contributed by atoms with Gasteiger partial charge in [0.25, 0.3) is 5.91 Å². The van der Waals surface area contributed by atoms with E-state index in [0.717, 1.165) is 5.33 Å². The number of aromatic hydroxyl groups is 1. The van der Waals surface area contributed by atoms with Gasteiger partial charge in [-0.1, -0.05) is 35.0 Å². The van der Waals surface area contributed by atoms with Gasteiger partial charge in [0.05, 0.1) is 5.56 Å². The molecule has 0 spiro atoms. The van der Waals surface area contributed by atoms with E-state index in [1.54, 1.807) is 18.2 Å². The second kappa shape index (κ2) is 5.89. The van der Waals surface area contributed by atoms with E-state index < -0.39 is 0 Å². The Hall–Kier alpha value is -1.03. The van der Waals surface area contributed by atoms with E-state index in [0.29, 0.717) is 11.5 Å². The third kappa shape index (κ3) is 3.23. The second-order valence-electron chi connectivity index (χ2n) is 3.91. The fourth-order valence-corrected chi connectivity index (χ4v) is 1.79. The van der Waals surface area contributed by atoms with Gasteiger partial charge in [0.15, 0.2) is 0 Å². The lowest BCUT2D eigenvalue weighted by Crippen LogP contribution is -2.37. The summed E-state index contributed by atoms with van der Waals surface area (Å²) >= 11 is 3.38. The maximum absolute atomic E-state index is 11.8. The van der Waals surface area contributed by atoms with E-state index in [9.17, 15) is 9.90 Å². The van der Waals surface area contributed by atoms with Crippen LogP contribution in [0.4, 0.5) is 0 Å². The van der Waals surface area contributed by atoms with Crippen molar-refractivity contribution >= 4 is 21.8 Å². The molecule has 0 aliphatic carbocycles. The molecule has 0 heterocycles. The summed E-state index contributed by atoms with van der Waals surface area (Å²) < 4.78 is 0. The Bertz CT molecular complexity index is 368. The van der Waals surface area contributed by atoms with Gasteiger partial charge in [-0.05, 0) is 25.0 Å². The van der Waals surface area contributed by atoms with E-state index in [-0.39, 0.29) is 17.7 Å². The van der Waals surface area contributed by atoms with Crippen LogP contribution < -0.4 is 5.32 Å². The number of halogens is 1. The SMILES string of the molecule is CC(CBr)C(C)NC(=O)c1ccccc1O. The number of amides is 1. The molecule has 2 unspecified atom stereocenters. The van der Waals surface area contributed by atoms with Crippen molar-refractivity contribution < 1.29 is 9.90 Å². The first-order valence-electron chi connectivity index (χ1n) is 5.21. The molecule has 0 aliphatic rings. The van der Waals surface area contributed by atoms with E-state index in [2.05, 4.69) is 21.2 Å². The highest BCUT2D eigenvalue weighted by Gasteiger charge is 2.16. The number of carbonyl (C=O) groups excluding carboxylic acids is 1. The highest BCUT2D eigenvalue weighted by atomic mass is 79.9. The molecule has 0 aliphatic heterocycles. The van der Waals surface area contributed by atoms with Crippen LogP contribution >= 0.6 is 15.9 Å². The first-order chi connectivity index (χ1) is 7.56. The molecule has 0 saturated carbocycles. The van der Waals surface area contributed by atoms with Gasteiger partial charge in [0, 0.05) is 11.4 Å². The van der Waals surface area contributed by atoms with Crippen LogP contribution in [-0.2, 0) is 0 Å². The number of benzene rings is 1. The molecule has 2 N–H and O–H groups in total. The third-order valence-corrected chi connectivity index (χ3v) is 3.63. The van der Waals surface area contributed by atoms with Gasteiger partial charge in [0.2, 0.25) is 0 Å². The Morgan fingerprint density at radius 2 is 2.06 bits per heavy atom. The summed E-state index contributed by atoms with van der Waals surface area (Å²) in [6.07, 6.45) is 0. The Labute approximate surface area is 104 Å². The summed E-state index contributed by atoms with van der Waals surface area (Å²) in [6, 6.07) is 6.60. The first kappa shape index (κ1) is 13.0. The van der Waals surface area contributed by atoms with Crippen LogP contribution in [-0.4, -0.2) is 22.4 Å². The molecule has 1 amide bonds. The van der Waals surface area contributed by atoms with Crippen molar-refractivity contribution in [3.8, 4) is 5.75 Å². The maximum atomic E-state index is 11.8. The number of phenols is 1.